The zero-order valence-electron chi connectivity index (χ0n) is 16.7. The number of hydrogen-bond donors (Lipinski definition) is 1. The topological polar surface area (TPSA) is 35.2 Å². The van der Waals surface area contributed by atoms with E-state index in [-0.39, 0.29) is 0 Å². The fraction of sp³-hybridized carbons (Fsp3) is 0.440. The summed E-state index contributed by atoms with van der Waals surface area (Å²) in [6.45, 7) is 2.95. The molecule has 0 atom stereocenters. The Morgan fingerprint density at radius 2 is 1.63 bits per heavy atom. The fourth-order valence-electron chi connectivity index (χ4n) is 3.04. The summed E-state index contributed by atoms with van der Waals surface area (Å²) in [6.07, 6.45) is 10.3. The third kappa shape index (κ3) is 8.22. The van der Waals surface area contributed by atoms with Gasteiger partial charge in [-0.3, -0.25) is 0 Å². The second-order valence-electron chi connectivity index (χ2n) is 6.96. The summed E-state index contributed by atoms with van der Waals surface area (Å²) >= 11 is 0. The molecule has 144 valence electrons. The van der Waals surface area contributed by atoms with Gasteiger partial charge in [0.2, 0.25) is 0 Å². The number of anilines is 1. The Balaban J connectivity index is 1.62. The van der Waals surface area contributed by atoms with Gasteiger partial charge in [-0.2, -0.15) is 0 Å². The molecule has 27 heavy (non-hydrogen) atoms. The predicted octanol–water partition coefficient (Wildman–Crippen LogP) is 6.38. The first-order chi connectivity index (χ1) is 13.3. The van der Waals surface area contributed by atoms with Crippen LogP contribution in [0.4, 0.5) is 5.69 Å². The van der Waals surface area contributed by atoms with E-state index in [0.717, 1.165) is 55.7 Å². The van der Waals surface area contributed by atoms with E-state index in [2.05, 4.69) is 30.9 Å². The van der Waals surface area contributed by atoms with Crippen molar-refractivity contribution < 1.29 is 4.74 Å². The molecular formula is C25H33NO. The maximum atomic E-state index is 6.17. The van der Waals surface area contributed by atoms with Gasteiger partial charge in [-0.1, -0.05) is 68.7 Å². The summed E-state index contributed by atoms with van der Waals surface area (Å²) in [6, 6.07) is 16.2. The van der Waals surface area contributed by atoms with Crippen molar-refractivity contribution in [2.45, 2.75) is 64.7 Å². The quantitative estimate of drug-likeness (QED) is 0.285. The van der Waals surface area contributed by atoms with E-state index in [1.165, 1.54) is 31.2 Å². The fourth-order valence-corrected chi connectivity index (χ4v) is 3.04. The molecule has 0 aliphatic rings. The minimum atomic E-state index is 0.775. The second-order valence-corrected chi connectivity index (χ2v) is 6.96. The van der Waals surface area contributed by atoms with Crippen molar-refractivity contribution in [2.24, 2.45) is 0 Å². The lowest BCUT2D eigenvalue weighted by Crippen LogP contribution is -2.03. The van der Waals surface area contributed by atoms with Crippen LogP contribution in [0.1, 0.15) is 69.4 Å². The number of ether oxygens (including phenoxy) is 1. The van der Waals surface area contributed by atoms with E-state index in [4.69, 9.17) is 10.5 Å². The number of unbranched alkanes of at least 4 members (excludes halogenated alkanes) is 6. The van der Waals surface area contributed by atoms with Crippen LogP contribution in [0.3, 0.4) is 0 Å². The highest BCUT2D eigenvalue weighted by molar-refractivity contribution is 5.54. The summed E-state index contributed by atoms with van der Waals surface area (Å²) < 4.78 is 5.92. The molecule has 0 unspecified atom stereocenters. The molecular weight excluding hydrogens is 330 g/mol. The lowest BCUT2D eigenvalue weighted by Gasteiger charge is -2.13. The first-order valence-electron chi connectivity index (χ1n) is 10.4. The average molecular weight is 364 g/mol. The number of benzene rings is 2. The molecule has 0 saturated carbocycles. The normalized spacial score (nSPS) is 10.3. The smallest absolute Gasteiger partial charge is 0.124 e. The maximum absolute atomic E-state index is 6.17. The van der Waals surface area contributed by atoms with Crippen LogP contribution < -0.4 is 10.5 Å². The SMILES string of the molecule is CCCCOc1cccc(N)c1CCCCCCCC#Cc1ccccc1. The summed E-state index contributed by atoms with van der Waals surface area (Å²) in [4.78, 5) is 0. The van der Waals surface area contributed by atoms with Gasteiger partial charge < -0.3 is 10.5 Å². The zero-order valence-corrected chi connectivity index (χ0v) is 16.7. The molecule has 0 fully saturated rings. The van der Waals surface area contributed by atoms with Crippen LogP contribution >= 0.6 is 0 Å². The van der Waals surface area contributed by atoms with Crippen LogP contribution in [0.15, 0.2) is 48.5 Å². The van der Waals surface area contributed by atoms with E-state index in [1.807, 2.05) is 36.4 Å². The van der Waals surface area contributed by atoms with Crippen molar-refractivity contribution in [3.63, 3.8) is 0 Å². The van der Waals surface area contributed by atoms with E-state index in [1.54, 1.807) is 0 Å². The van der Waals surface area contributed by atoms with Crippen molar-refractivity contribution in [1.82, 2.24) is 0 Å². The van der Waals surface area contributed by atoms with Gasteiger partial charge in [0, 0.05) is 23.2 Å². The standard InChI is InChI=1S/C25H33NO/c1-2-3-21-27-25-20-14-19-24(26)23(25)18-13-8-6-4-5-7-10-15-22-16-11-9-12-17-22/h9,11-12,14,16-17,19-20H,2-8,13,18,21,26H2,1H3. The van der Waals surface area contributed by atoms with E-state index in [0.29, 0.717) is 0 Å². The molecule has 0 spiro atoms. The van der Waals surface area contributed by atoms with Gasteiger partial charge >= 0.3 is 0 Å². The number of rotatable bonds is 11. The molecule has 2 nitrogen and oxygen atoms in total. The lowest BCUT2D eigenvalue weighted by molar-refractivity contribution is 0.306. The molecule has 0 aliphatic carbocycles. The van der Waals surface area contributed by atoms with Crippen LogP contribution in [0.25, 0.3) is 0 Å². The van der Waals surface area contributed by atoms with Crippen molar-refractivity contribution in [3.8, 4) is 17.6 Å². The average Bonchev–Trinajstić information content (AvgIpc) is 2.69. The van der Waals surface area contributed by atoms with E-state index < -0.39 is 0 Å². The molecule has 2 aromatic rings. The minimum absolute atomic E-state index is 0.775. The van der Waals surface area contributed by atoms with E-state index in [9.17, 15) is 0 Å². The van der Waals surface area contributed by atoms with Gasteiger partial charge in [0.1, 0.15) is 5.75 Å². The van der Waals surface area contributed by atoms with Crippen LogP contribution in [0.2, 0.25) is 0 Å². The van der Waals surface area contributed by atoms with Crippen molar-refractivity contribution in [1.29, 1.82) is 0 Å². The largest absolute Gasteiger partial charge is 0.493 e. The third-order valence-corrected chi connectivity index (χ3v) is 4.66. The van der Waals surface area contributed by atoms with Crippen LogP contribution in [0, 0.1) is 11.8 Å². The van der Waals surface area contributed by atoms with Gasteiger partial charge in [0.25, 0.3) is 0 Å². The Morgan fingerprint density at radius 1 is 0.852 bits per heavy atom. The molecule has 0 aliphatic heterocycles. The Kier molecular flexibility index (Phi) is 9.97. The first-order valence-corrected chi connectivity index (χ1v) is 10.4. The highest BCUT2D eigenvalue weighted by Gasteiger charge is 2.07. The molecule has 0 aromatic heterocycles. The Morgan fingerprint density at radius 3 is 2.44 bits per heavy atom. The molecule has 2 heteroatoms. The molecule has 2 aromatic carbocycles. The summed E-state index contributed by atoms with van der Waals surface area (Å²) in [5.41, 5.74) is 9.32. The molecule has 0 bridgehead atoms. The monoisotopic (exact) mass is 363 g/mol. The maximum Gasteiger partial charge on any atom is 0.124 e. The lowest BCUT2D eigenvalue weighted by atomic mass is 10.0. The number of nitrogen functional groups attached to an aromatic ring is 1. The van der Waals surface area contributed by atoms with Crippen molar-refractivity contribution in [3.05, 3.63) is 59.7 Å². The summed E-state index contributed by atoms with van der Waals surface area (Å²) in [7, 11) is 0. The zero-order chi connectivity index (χ0) is 19.2. The van der Waals surface area contributed by atoms with Crippen LogP contribution in [-0.4, -0.2) is 6.61 Å². The minimum Gasteiger partial charge on any atom is -0.493 e. The van der Waals surface area contributed by atoms with Gasteiger partial charge in [-0.25, -0.2) is 0 Å². The molecule has 2 N–H and O–H groups in total. The summed E-state index contributed by atoms with van der Waals surface area (Å²) in [5.74, 6) is 7.47. The number of hydrogen-bond acceptors (Lipinski definition) is 2. The Labute approximate surface area is 165 Å². The molecule has 0 radical (unpaired) electrons. The summed E-state index contributed by atoms with van der Waals surface area (Å²) in [5, 5.41) is 0. The van der Waals surface area contributed by atoms with Crippen molar-refractivity contribution >= 4 is 5.69 Å². The highest BCUT2D eigenvalue weighted by Crippen LogP contribution is 2.27. The van der Waals surface area contributed by atoms with Gasteiger partial charge in [-0.05, 0) is 49.9 Å². The Bertz CT molecular complexity index is 712. The highest BCUT2D eigenvalue weighted by atomic mass is 16.5. The van der Waals surface area contributed by atoms with Crippen molar-refractivity contribution in [2.75, 3.05) is 12.3 Å². The molecule has 2 rings (SSSR count). The molecule has 0 heterocycles. The van der Waals surface area contributed by atoms with Crippen LogP contribution in [-0.2, 0) is 6.42 Å². The second kappa shape index (κ2) is 12.9. The van der Waals surface area contributed by atoms with E-state index >= 15 is 0 Å². The molecule has 0 amide bonds. The predicted molar refractivity (Wildman–Crippen MR) is 116 cm³/mol. The van der Waals surface area contributed by atoms with Crippen LogP contribution in [0.5, 0.6) is 5.75 Å². The Hall–Kier alpha value is -2.40. The van der Waals surface area contributed by atoms with Gasteiger partial charge in [0.15, 0.2) is 0 Å². The first kappa shape index (κ1) is 20.9. The third-order valence-electron chi connectivity index (χ3n) is 4.66. The van der Waals surface area contributed by atoms with Gasteiger partial charge in [0.05, 0.1) is 6.61 Å². The number of nitrogens with two attached hydrogens (primary N) is 1. The van der Waals surface area contributed by atoms with Gasteiger partial charge in [-0.15, -0.1) is 0 Å². The molecule has 0 saturated heterocycles.